The monoisotopic (exact) mass is 234 g/mol. The lowest BCUT2D eigenvalue weighted by Gasteiger charge is -1.96. The van der Waals surface area contributed by atoms with Crippen LogP contribution in [0.15, 0.2) is 28.8 Å². The van der Waals surface area contributed by atoms with Gasteiger partial charge in [0, 0.05) is 6.07 Å². The molecule has 0 fully saturated rings. The SMILES string of the molecule is C[C@H](N)c1nc(-c2ccccc2[N+](=O)[O-])no1. The lowest BCUT2D eigenvalue weighted by atomic mass is 10.2. The van der Waals surface area contributed by atoms with E-state index in [1.807, 2.05) is 0 Å². The summed E-state index contributed by atoms with van der Waals surface area (Å²) < 4.78 is 4.91. The zero-order chi connectivity index (χ0) is 12.4. The number of aromatic nitrogens is 2. The minimum Gasteiger partial charge on any atom is -0.337 e. The highest BCUT2D eigenvalue weighted by Gasteiger charge is 2.19. The summed E-state index contributed by atoms with van der Waals surface area (Å²) in [6.45, 7) is 1.69. The summed E-state index contributed by atoms with van der Waals surface area (Å²) in [7, 11) is 0. The van der Waals surface area contributed by atoms with Gasteiger partial charge in [0.25, 0.3) is 5.69 Å². The van der Waals surface area contributed by atoms with E-state index < -0.39 is 11.0 Å². The van der Waals surface area contributed by atoms with E-state index in [4.69, 9.17) is 10.3 Å². The second kappa shape index (κ2) is 4.30. The molecule has 0 unspecified atom stereocenters. The Hall–Kier alpha value is -2.28. The molecule has 7 heteroatoms. The van der Waals surface area contributed by atoms with Crippen molar-refractivity contribution in [3.63, 3.8) is 0 Å². The van der Waals surface area contributed by atoms with Crippen LogP contribution in [0.1, 0.15) is 18.9 Å². The number of nitro groups is 1. The number of para-hydroxylation sites is 1. The Morgan fingerprint density at radius 1 is 1.47 bits per heavy atom. The number of hydrogen-bond acceptors (Lipinski definition) is 6. The Morgan fingerprint density at radius 3 is 2.76 bits per heavy atom. The minimum atomic E-state index is -0.489. The van der Waals surface area contributed by atoms with E-state index in [1.165, 1.54) is 6.07 Å². The molecule has 0 aliphatic rings. The zero-order valence-electron chi connectivity index (χ0n) is 9.03. The average Bonchev–Trinajstić information content (AvgIpc) is 2.78. The Labute approximate surface area is 96.4 Å². The van der Waals surface area contributed by atoms with E-state index in [1.54, 1.807) is 25.1 Å². The van der Waals surface area contributed by atoms with Crippen LogP contribution >= 0.6 is 0 Å². The van der Waals surface area contributed by atoms with Gasteiger partial charge in [0.1, 0.15) is 5.56 Å². The van der Waals surface area contributed by atoms with Gasteiger partial charge in [-0.1, -0.05) is 17.3 Å². The van der Waals surface area contributed by atoms with Gasteiger partial charge in [-0.25, -0.2) is 0 Å². The molecule has 0 radical (unpaired) electrons. The molecule has 0 aliphatic heterocycles. The van der Waals surface area contributed by atoms with Gasteiger partial charge >= 0.3 is 0 Å². The van der Waals surface area contributed by atoms with E-state index in [2.05, 4.69) is 10.1 Å². The van der Waals surface area contributed by atoms with Crippen LogP contribution in [0.3, 0.4) is 0 Å². The lowest BCUT2D eigenvalue weighted by molar-refractivity contribution is -0.384. The molecule has 0 saturated heterocycles. The van der Waals surface area contributed by atoms with Crippen molar-refractivity contribution in [2.24, 2.45) is 5.73 Å². The molecule has 1 heterocycles. The van der Waals surface area contributed by atoms with Crippen LogP contribution in [-0.2, 0) is 0 Å². The number of hydrogen-bond donors (Lipinski definition) is 1. The second-order valence-corrected chi connectivity index (χ2v) is 3.52. The van der Waals surface area contributed by atoms with Crippen molar-refractivity contribution >= 4 is 5.69 Å². The maximum atomic E-state index is 10.8. The number of nitrogens with two attached hydrogens (primary N) is 1. The van der Waals surface area contributed by atoms with Crippen LogP contribution in [0.25, 0.3) is 11.4 Å². The van der Waals surface area contributed by atoms with Gasteiger partial charge < -0.3 is 10.3 Å². The van der Waals surface area contributed by atoms with Gasteiger partial charge in [0.05, 0.1) is 11.0 Å². The summed E-state index contributed by atoms with van der Waals surface area (Å²) in [6, 6.07) is 5.79. The molecule has 1 aromatic carbocycles. The van der Waals surface area contributed by atoms with E-state index in [0.717, 1.165) is 0 Å². The summed E-state index contributed by atoms with van der Waals surface area (Å²) in [5.74, 6) is 0.419. The molecule has 0 aliphatic carbocycles. The van der Waals surface area contributed by atoms with Crippen molar-refractivity contribution in [1.29, 1.82) is 0 Å². The predicted molar refractivity (Wildman–Crippen MR) is 59.0 cm³/mol. The molecule has 2 aromatic rings. The van der Waals surface area contributed by atoms with Crippen LogP contribution < -0.4 is 5.73 Å². The van der Waals surface area contributed by atoms with Crippen LogP contribution in [0.4, 0.5) is 5.69 Å². The first-order valence-electron chi connectivity index (χ1n) is 4.92. The molecule has 88 valence electrons. The van der Waals surface area contributed by atoms with Gasteiger partial charge in [-0.2, -0.15) is 4.98 Å². The van der Waals surface area contributed by atoms with Crippen molar-refractivity contribution < 1.29 is 9.45 Å². The predicted octanol–water partition coefficient (Wildman–Crippen LogP) is 1.66. The first kappa shape index (κ1) is 11.2. The Morgan fingerprint density at radius 2 is 2.18 bits per heavy atom. The molecule has 0 spiro atoms. The normalized spacial score (nSPS) is 12.4. The average molecular weight is 234 g/mol. The standard InChI is InChI=1S/C10H10N4O3/c1-6(11)10-12-9(13-17-10)7-4-2-3-5-8(7)14(15)16/h2-6H,11H2,1H3/t6-/m0/s1. The highest BCUT2D eigenvalue weighted by Crippen LogP contribution is 2.27. The first-order valence-corrected chi connectivity index (χ1v) is 4.92. The third-order valence-corrected chi connectivity index (χ3v) is 2.17. The third-order valence-electron chi connectivity index (χ3n) is 2.17. The molecule has 7 nitrogen and oxygen atoms in total. The highest BCUT2D eigenvalue weighted by molar-refractivity contribution is 5.67. The summed E-state index contributed by atoms with van der Waals surface area (Å²) in [5.41, 5.74) is 5.82. The van der Waals surface area contributed by atoms with E-state index >= 15 is 0 Å². The number of nitro benzene ring substituents is 1. The smallest absolute Gasteiger partial charge is 0.280 e. The number of nitrogens with zero attached hydrogens (tertiary/aromatic N) is 3. The van der Waals surface area contributed by atoms with Gasteiger partial charge in [-0.15, -0.1) is 0 Å². The quantitative estimate of drug-likeness (QED) is 0.639. The molecule has 0 amide bonds. The molecule has 0 saturated carbocycles. The summed E-state index contributed by atoms with van der Waals surface area (Å²) in [6.07, 6.45) is 0. The number of benzene rings is 1. The molecule has 2 rings (SSSR count). The van der Waals surface area contributed by atoms with Gasteiger partial charge in [-0.3, -0.25) is 10.1 Å². The molecule has 1 atom stereocenters. The highest BCUT2D eigenvalue weighted by atomic mass is 16.6. The van der Waals surface area contributed by atoms with Crippen LogP contribution in [0, 0.1) is 10.1 Å². The van der Waals surface area contributed by atoms with Gasteiger partial charge in [0.2, 0.25) is 11.7 Å². The Bertz CT molecular complexity index is 550. The van der Waals surface area contributed by atoms with Crippen molar-refractivity contribution in [3.05, 3.63) is 40.3 Å². The fraction of sp³-hybridized carbons (Fsp3) is 0.200. The maximum Gasteiger partial charge on any atom is 0.280 e. The van der Waals surface area contributed by atoms with Crippen LogP contribution in [0.2, 0.25) is 0 Å². The topological polar surface area (TPSA) is 108 Å². The molecule has 17 heavy (non-hydrogen) atoms. The Balaban J connectivity index is 2.49. The fourth-order valence-electron chi connectivity index (χ4n) is 1.35. The third kappa shape index (κ3) is 2.13. The van der Waals surface area contributed by atoms with Gasteiger partial charge in [-0.05, 0) is 13.0 Å². The van der Waals surface area contributed by atoms with E-state index in [0.29, 0.717) is 5.56 Å². The summed E-state index contributed by atoms with van der Waals surface area (Å²) in [4.78, 5) is 14.4. The molecular formula is C10H10N4O3. The summed E-state index contributed by atoms with van der Waals surface area (Å²) in [5, 5.41) is 14.5. The Kier molecular flexibility index (Phi) is 2.84. The zero-order valence-corrected chi connectivity index (χ0v) is 9.03. The number of rotatable bonds is 3. The maximum absolute atomic E-state index is 10.8. The molecule has 2 N–H and O–H groups in total. The molecule has 1 aromatic heterocycles. The second-order valence-electron chi connectivity index (χ2n) is 3.52. The first-order chi connectivity index (χ1) is 8.09. The van der Waals surface area contributed by atoms with Crippen LogP contribution in [0.5, 0.6) is 0 Å². The van der Waals surface area contributed by atoms with E-state index in [-0.39, 0.29) is 17.4 Å². The van der Waals surface area contributed by atoms with Crippen molar-refractivity contribution in [1.82, 2.24) is 10.1 Å². The minimum absolute atomic E-state index is 0.0653. The summed E-state index contributed by atoms with van der Waals surface area (Å²) >= 11 is 0. The van der Waals surface area contributed by atoms with E-state index in [9.17, 15) is 10.1 Å². The van der Waals surface area contributed by atoms with Crippen LogP contribution in [-0.4, -0.2) is 15.1 Å². The largest absolute Gasteiger partial charge is 0.337 e. The van der Waals surface area contributed by atoms with Crippen molar-refractivity contribution in [2.75, 3.05) is 0 Å². The molecular weight excluding hydrogens is 224 g/mol. The van der Waals surface area contributed by atoms with Gasteiger partial charge in [0.15, 0.2) is 0 Å². The lowest BCUT2D eigenvalue weighted by Crippen LogP contribution is -2.04. The molecule has 0 bridgehead atoms. The fourth-order valence-corrected chi connectivity index (χ4v) is 1.35. The van der Waals surface area contributed by atoms with Crippen molar-refractivity contribution in [2.45, 2.75) is 13.0 Å². The van der Waals surface area contributed by atoms with Crippen molar-refractivity contribution in [3.8, 4) is 11.4 Å².